The topological polar surface area (TPSA) is 77.8 Å². The lowest BCUT2D eigenvalue weighted by Crippen LogP contribution is -2.23. The van der Waals surface area contributed by atoms with Crippen molar-refractivity contribution in [1.82, 2.24) is 24.5 Å². The van der Waals surface area contributed by atoms with Gasteiger partial charge in [0.25, 0.3) is 0 Å². The fourth-order valence-corrected chi connectivity index (χ4v) is 3.73. The van der Waals surface area contributed by atoms with Crippen LogP contribution < -0.4 is 10.6 Å². The van der Waals surface area contributed by atoms with Gasteiger partial charge in [0.2, 0.25) is 0 Å². The molecule has 0 saturated carbocycles. The first-order chi connectivity index (χ1) is 12.0. The molecule has 0 aromatic carbocycles. The molecule has 1 aliphatic heterocycles. The Kier molecular flexibility index (Phi) is 3.71. The van der Waals surface area contributed by atoms with Gasteiger partial charge in [-0.05, 0) is 32.4 Å². The molecule has 130 valence electrons. The van der Waals surface area contributed by atoms with E-state index in [1.165, 1.54) is 5.69 Å². The van der Waals surface area contributed by atoms with Gasteiger partial charge in [0.1, 0.15) is 5.82 Å². The van der Waals surface area contributed by atoms with Gasteiger partial charge in [0, 0.05) is 49.9 Å². The summed E-state index contributed by atoms with van der Waals surface area (Å²) in [5.74, 6) is 0.537. The number of rotatable bonds is 3. The van der Waals surface area contributed by atoms with Crippen LogP contribution in [0.15, 0.2) is 30.6 Å². The molecule has 25 heavy (non-hydrogen) atoms. The van der Waals surface area contributed by atoms with Gasteiger partial charge in [0.05, 0.1) is 23.1 Å². The highest BCUT2D eigenvalue weighted by Crippen LogP contribution is 2.35. The van der Waals surface area contributed by atoms with Gasteiger partial charge >= 0.3 is 0 Å². The Morgan fingerprint density at radius 2 is 2.08 bits per heavy atom. The van der Waals surface area contributed by atoms with E-state index in [9.17, 15) is 0 Å². The van der Waals surface area contributed by atoms with E-state index in [-0.39, 0.29) is 0 Å². The standard InChI is InChI=1S/C18H23N7/c1-12-8-13(2)25(22-12)14-5-7-24(11-14)17-9-18(19)20-10-15(17)16-4-6-21-23(16)3/h4,6,8-10,14H,5,7,11H2,1-3H3,(H2,19,20). The summed E-state index contributed by atoms with van der Waals surface area (Å²) >= 11 is 0. The maximum absolute atomic E-state index is 5.98. The smallest absolute Gasteiger partial charge is 0.125 e. The highest BCUT2D eigenvalue weighted by atomic mass is 15.3. The van der Waals surface area contributed by atoms with Gasteiger partial charge in [-0.15, -0.1) is 0 Å². The number of nitrogen functional groups attached to an aromatic ring is 1. The summed E-state index contributed by atoms with van der Waals surface area (Å²) in [7, 11) is 1.94. The zero-order valence-corrected chi connectivity index (χ0v) is 14.8. The normalized spacial score (nSPS) is 17.4. The van der Waals surface area contributed by atoms with Crippen LogP contribution in [0.4, 0.5) is 11.5 Å². The van der Waals surface area contributed by atoms with Crippen molar-refractivity contribution in [2.24, 2.45) is 7.05 Å². The van der Waals surface area contributed by atoms with E-state index < -0.39 is 0 Å². The lowest BCUT2D eigenvalue weighted by atomic mass is 10.1. The third-order valence-electron chi connectivity index (χ3n) is 4.89. The number of nitrogens with zero attached hydrogens (tertiary/aromatic N) is 6. The Balaban J connectivity index is 1.68. The second-order valence-electron chi connectivity index (χ2n) is 6.73. The molecule has 0 radical (unpaired) electrons. The van der Waals surface area contributed by atoms with Gasteiger partial charge < -0.3 is 10.6 Å². The second-order valence-corrected chi connectivity index (χ2v) is 6.73. The molecular formula is C18H23N7. The largest absolute Gasteiger partial charge is 0.384 e. The van der Waals surface area contributed by atoms with Gasteiger partial charge in [-0.25, -0.2) is 4.98 Å². The summed E-state index contributed by atoms with van der Waals surface area (Å²) in [4.78, 5) is 6.67. The quantitative estimate of drug-likeness (QED) is 0.793. The van der Waals surface area contributed by atoms with Gasteiger partial charge in [-0.1, -0.05) is 0 Å². The summed E-state index contributed by atoms with van der Waals surface area (Å²) in [6.07, 6.45) is 4.71. The lowest BCUT2D eigenvalue weighted by molar-refractivity contribution is 0.481. The molecule has 7 nitrogen and oxygen atoms in total. The minimum Gasteiger partial charge on any atom is -0.384 e. The number of hydrogen-bond acceptors (Lipinski definition) is 5. The molecule has 4 rings (SSSR count). The van der Waals surface area contributed by atoms with Crippen LogP contribution >= 0.6 is 0 Å². The van der Waals surface area contributed by atoms with Gasteiger partial charge in [-0.2, -0.15) is 10.2 Å². The predicted octanol–water partition coefficient (Wildman–Crippen LogP) is 2.33. The number of hydrogen-bond donors (Lipinski definition) is 1. The molecule has 3 aromatic rings. The summed E-state index contributed by atoms with van der Waals surface area (Å²) in [5.41, 5.74) is 11.5. The molecule has 1 atom stereocenters. The number of pyridine rings is 1. The number of anilines is 2. The average molecular weight is 337 g/mol. The first kappa shape index (κ1) is 15.7. The SMILES string of the molecule is Cc1cc(C)n(C2CCN(c3cc(N)ncc3-c3ccnn3C)C2)n1. The minimum atomic E-state index is 0.377. The van der Waals surface area contributed by atoms with Crippen LogP contribution in [0.25, 0.3) is 11.3 Å². The molecular weight excluding hydrogens is 314 g/mol. The molecule has 1 fully saturated rings. The zero-order valence-electron chi connectivity index (χ0n) is 14.8. The molecule has 1 aliphatic rings. The van der Waals surface area contributed by atoms with Crippen LogP contribution in [-0.4, -0.2) is 37.6 Å². The average Bonchev–Trinajstić information content (AvgIpc) is 3.28. The van der Waals surface area contributed by atoms with Crippen molar-refractivity contribution >= 4 is 11.5 Å². The molecule has 0 amide bonds. The van der Waals surface area contributed by atoms with Crippen molar-refractivity contribution in [3.05, 3.63) is 42.0 Å². The van der Waals surface area contributed by atoms with Crippen LogP contribution in [0.1, 0.15) is 23.9 Å². The van der Waals surface area contributed by atoms with Crippen LogP contribution in [0.3, 0.4) is 0 Å². The van der Waals surface area contributed by atoms with Gasteiger partial charge in [0.15, 0.2) is 0 Å². The predicted molar refractivity (Wildman–Crippen MR) is 98.4 cm³/mol. The monoisotopic (exact) mass is 337 g/mol. The highest BCUT2D eigenvalue weighted by molar-refractivity contribution is 5.78. The molecule has 0 spiro atoms. The van der Waals surface area contributed by atoms with Crippen LogP contribution in [0, 0.1) is 13.8 Å². The number of aromatic nitrogens is 5. The maximum atomic E-state index is 5.98. The first-order valence-electron chi connectivity index (χ1n) is 8.54. The van der Waals surface area contributed by atoms with E-state index in [1.807, 2.05) is 37.0 Å². The van der Waals surface area contributed by atoms with E-state index in [4.69, 9.17) is 5.73 Å². The summed E-state index contributed by atoms with van der Waals surface area (Å²) in [6, 6.07) is 6.48. The molecule has 3 aromatic heterocycles. The molecule has 1 unspecified atom stereocenters. The molecule has 1 saturated heterocycles. The van der Waals surface area contributed by atoms with Gasteiger partial charge in [-0.3, -0.25) is 9.36 Å². The van der Waals surface area contributed by atoms with Crippen LogP contribution in [0.2, 0.25) is 0 Å². The van der Waals surface area contributed by atoms with Crippen molar-refractivity contribution in [3.63, 3.8) is 0 Å². The van der Waals surface area contributed by atoms with E-state index in [2.05, 4.69) is 37.8 Å². The van der Waals surface area contributed by atoms with E-state index in [1.54, 1.807) is 6.20 Å². The molecule has 0 aliphatic carbocycles. The first-order valence-corrected chi connectivity index (χ1v) is 8.54. The number of aryl methyl sites for hydroxylation is 3. The fraction of sp³-hybridized carbons (Fsp3) is 0.389. The maximum Gasteiger partial charge on any atom is 0.125 e. The van der Waals surface area contributed by atoms with E-state index in [0.29, 0.717) is 11.9 Å². The summed E-state index contributed by atoms with van der Waals surface area (Å²) < 4.78 is 4.02. The Morgan fingerprint density at radius 3 is 2.76 bits per heavy atom. The molecule has 4 heterocycles. The molecule has 2 N–H and O–H groups in total. The number of nitrogens with two attached hydrogens (primary N) is 1. The van der Waals surface area contributed by atoms with Crippen LogP contribution in [-0.2, 0) is 7.05 Å². The van der Waals surface area contributed by atoms with Crippen molar-refractivity contribution in [2.75, 3.05) is 23.7 Å². The zero-order chi connectivity index (χ0) is 17.6. The summed E-state index contributed by atoms with van der Waals surface area (Å²) in [6.45, 7) is 6.04. The minimum absolute atomic E-state index is 0.377. The summed E-state index contributed by atoms with van der Waals surface area (Å²) in [5, 5.41) is 8.95. The van der Waals surface area contributed by atoms with E-state index in [0.717, 1.165) is 42.1 Å². The van der Waals surface area contributed by atoms with Crippen molar-refractivity contribution < 1.29 is 0 Å². The Labute approximate surface area is 147 Å². The highest BCUT2D eigenvalue weighted by Gasteiger charge is 2.28. The fourth-order valence-electron chi connectivity index (χ4n) is 3.73. The van der Waals surface area contributed by atoms with Crippen molar-refractivity contribution in [1.29, 1.82) is 0 Å². The van der Waals surface area contributed by atoms with Crippen molar-refractivity contribution in [3.8, 4) is 11.3 Å². The Morgan fingerprint density at radius 1 is 1.24 bits per heavy atom. The lowest BCUT2D eigenvalue weighted by Gasteiger charge is -2.22. The van der Waals surface area contributed by atoms with Crippen LogP contribution in [0.5, 0.6) is 0 Å². The Hall–Kier alpha value is -2.83. The van der Waals surface area contributed by atoms with Crippen molar-refractivity contribution in [2.45, 2.75) is 26.3 Å². The Bertz CT molecular complexity index is 908. The third-order valence-corrected chi connectivity index (χ3v) is 4.89. The third kappa shape index (κ3) is 2.75. The second kappa shape index (κ2) is 5.91. The molecule has 7 heteroatoms. The van der Waals surface area contributed by atoms with E-state index >= 15 is 0 Å². The molecule has 0 bridgehead atoms.